The van der Waals surface area contributed by atoms with Crippen molar-refractivity contribution in [1.29, 1.82) is 0 Å². The van der Waals surface area contributed by atoms with Crippen molar-refractivity contribution in [3.05, 3.63) is 53.9 Å². The lowest BCUT2D eigenvalue weighted by molar-refractivity contribution is 0.356. The van der Waals surface area contributed by atoms with Gasteiger partial charge in [0.05, 0.1) is 12.2 Å². The molecule has 0 amide bonds. The molecule has 0 aliphatic carbocycles. The van der Waals surface area contributed by atoms with E-state index in [0.29, 0.717) is 18.5 Å². The normalized spacial score (nSPS) is 17.2. The number of fused-ring (bicyclic) bond motifs is 1. The summed E-state index contributed by atoms with van der Waals surface area (Å²) in [5.41, 5.74) is 1.92. The molecule has 4 rings (SSSR count). The van der Waals surface area contributed by atoms with E-state index in [1.807, 2.05) is 41.9 Å². The number of aromatic nitrogens is 4. The van der Waals surface area contributed by atoms with E-state index in [-0.39, 0.29) is 0 Å². The lowest BCUT2D eigenvalue weighted by Gasteiger charge is -2.23. The maximum Gasteiger partial charge on any atom is 0.226 e. The number of benzene rings is 1. The van der Waals surface area contributed by atoms with Crippen molar-refractivity contribution in [3.63, 3.8) is 0 Å². The number of nitrogens with zero attached hydrogens (tertiary/aromatic N) is 4. The molecule has 0 bridgehead atoms. The van der Waals surface area contributed by atoms with Crippen LogP contribution in [-0.4, -0.2) is 25.8 Å². The fourth-order valence-electron chi connectivity index (χ4n) is 2.95. The smallest absolute Gasteiger partial charge is 0.226 e. The molecular formula is C17H19N5O. The monoisotopic (exact) mass is 309 g/mol. The van der Waals surface area contributed by atoms with E-state index in [9.17, 15) is 0 Å². The van der Waals surface area contributed by atoms with Crippen LogP contribution in [0.3, 0.4) is 0 Å². The second-order valence-electron chi connectivity index (χ2n) is 5.88. The summed E-state index contributed by atoms with van der Waals surface area (Å²) in [6, 6.07) is 10.3. The van der Waals surface area contributed by atoms with Crippen molar-refractivity contribution in [3.8, 4) is 11.5 Å². The van der Waals surface area contributed by atoms with Crippen LogP contribution in [0.5, 0.6) is 0 Å². The molecule has 0 saturated carbocycles. The summed E-state index contributed by atoms with van der Waals surface area (Å²) in [7, 11) is 0. The van der Waals surface area contributed by atoms with E-state index in [1.54, 1.807) is 6.26 Å². The van der Waals surface area contributed by atoms with Crippen LogP contribution in [0.4, 0.5) is 0 Å². The third kappa shape index (κ3) is 3.03. The standard InChI is InChI=1S/C17H19N5O/c1-12-19-16-8-7-14(10-22(16)21-12)18-9-15-11-23-17(20-15)13-5-3-2-4-6-13/h2-6,11,14,18H,7-10H2,1H3/t14-/m0/s1. The molecule has 0 radical (unpaired) electrons. The molecule has 0 spiro atoms. The highest BCUT2D eigenvalue weighted by atomic mass is 16.3. The van der Waals surface area contributed by atoms with Crippen LogP contribution >= 0.6 is 0 Å². The quantitative estimate of drug-likeness (QED) is 0.801. The van der Waals surface area contributed by atoms with Gasteiger partial charge in [-0.3, -0.25) is 0 Å². The minimum absolute atomic E-state index is 0.389. The van der Waals surface area contributed by atoms with E-state index < -0.39 is 0 Å². The van der Waals surface area contributed by atoms with Gasteiger partial charge in [0.2, 0.25) is 5.89 Å². The van der Waals surface area contributed by atoms with Crippen LogP contribution < -0.4 is 5.32 Å². The first-order chi connectivity index (χ1) is 11.3. The largest absolute Gasteiger partial charge is 0.444 e. The molecule has 1 aromatic carbocycles. The average Bonchev–Trinajstić information content (AvgIpc) is 3.18. The van der Waals surface area contributed by atoms with Gasteiger partial charge in [-0.15, -0.1) is 0 Å². The summed E-state index contributed by atoms with van der Waals surface area (Å²) >= 11 is 0. The molecule has 23 heavy (non-hydrogen) atoms. The van der Waals surface area contributed by atoms with Crippen LogP contribution in [0.2, 0.25) is 0 Å². The Morgan fingerprint density at radius 2 is 2.13 bits per heavy atom. The van der Waals surface area contributed by atoms with E-state index in [0.717, 1.165) is 42.3 Å². The third-order valence-corrected chi connectivity index (χ3v) is 4.11. The second kappa shape index (κ2) is 5.96. The number of nitrogens with one attached hydrogen (secondary N) is 1. The molecule has 1 atom stereocenters. The maximum absolute atomic E-state index is 5.57. The number of rotatable bonds is 4. The predicted octanol–water partition coefficient (Wildman–Crippen LogP) is 2.35. The van der Waals surface area contributed by atoms with E-state index in [2.05, 4.69) is 20.4 Å². The number of hydrogen-bond acceptors (Lipinski definition) is 5. The molecule has 1 aliphatic rings. The number of oxazole rings is 1. The first-order valence-electron chi connectivity index (χ1n) is 7.91. The zero-order valence-corrected chi connectivity index (χ0v) is 13.1. The molecule has 0 saturated heterocycles. The first kappa shape index (κ1) is 14.1. The highest BCUT2D eigenvalue weighted by Crippen LogP contribution is 2.18. The number of hydrogen-bond donors (Lipinski definition) is 1. The van der Waals surface area contributed by atoms with Gasteiger partial charge in [-0.25, -0.2) is 14.6 Å². The van der Waals surface area contributed by atoms with Gasteiger partial charge < -0.3 is 9.73 Å². The number of aryl methyl sites for hydroxylation is 2. The molecule has 3 heterocycles. The van der Waals surface area contributed by atoms with Crippen molar-refractivity contribution in [2.45, 2.75) is 38.9 Å². The fourth-order valence-corrected chi connectivity index (χ4v) is 2.95. The molecule has 6 heteroatoms. The average molecular weight is 309 g/mol. The van der Waals surface area contributed by atoms with Crippen molar-refractivity contribution in [1.82, 2.24) is 25.1 Å². The van der Waals surface area contributed by atoms with Gasteiger partial charge in [-0.1, -0.05) is 18.2 Å². The summed E-state index contributed by atoms with van der Waals surface area (Å²) in [6.45, 7) is 3.50. The minimum Gasteiger partial charge on any atom is -0.444 e. The Morgan fingerprint density at radius 3 is 3.00 bits per heavy atom. The molecule has 1 aliphatic heterocycles. The van der Waals surface area contributed by atoms with Gasteiger partial charge in [-0.2, -0.15) is 5.10 Å². The Hall–Kier alpha value is -2.47. The van der Waals surface area contributed by atoms with Crippen LogP contribution in [0, 0.1) is 6.92 Å². The van der Waals surface area contributed by atoms with Crippen molar-refractivity contribution in [2.75, 3.05) is 0 Å². The molecule has 118 valence electrons. The fraction of sp³-hybridized carbons (Fsp3) is 0.353. The second-order valence-corrected chi connectivity index (χ2v) is 5.88. The Labute approximate surface area is 134 Å². The summed E-state index contributed by atoms with van der Waals surface area (Å²) < 4.78 is 7.58. The molecule has 1 N–H and O–H groups in total. The SMILES string of the molecule is Cc1nc2n(n1)C[C@@H](NCc1coc(-c3ccccc3)n1)CC2. The zero-order valence-electron chi connectivity index (χ0n) is 13.1. The third-order valence-electron chi connectivity index (χ3n) is 4.11. The molecular weight excluding hydrogens is 290 g/mol. The van der Waals surface area contributed by atoms with Gasteiger partial charge in [-0.05, 0) is 25.5 Å². The van der Waals surface area contributed by atoms with Gasteiger partial charge >= 0.3 is 0 Å². The first-order valence-corrected chi connectivity index (χ1v) is 7.91. The molecule has 0 unspecified atom stereocenters. The van der Waals surface area contributed by atoms with Crippen LogP contribution in [-0.2, 0) is 19.5 Å². The van der Waals surface area contributed by atoms with E-state index in [4.69, 9.17) is 4.42 Å². The molecule has 2 aromatic heterocycles. The zero-order chi connectivity index (χ0) is 15.6. The van der Waals surface area contributed by atoms with Crippen molar-refractivity contribution < 1.29 is 4.42 Å². The van der Waals surface area contributed by atoms with Gasteiger partial charge in [0.1, 0.15) is 17.9 Å². The Kier molecular flexibility index (Phi) is 3.67. The lowest BCUT2D eigenvalue weighted by Crippen LogP contribution is -2.37. The molecule has 3 aromatic rings. The van der Waals surface area contributed by atoms with Gasteiger partial charge in [0.15, 0.2) is 0 Å². The van der Waals surface area contributed by atoms with Gasteiger partial charge in [0, 0.05) is 24.6 Å². The van der Waals surface area contributed by atoms with E-state index in [1.165, 1.54) is 0 Å². The van der Waals surface area contributed by atoms with Crippen LogP contribution in [0.1, 0.15) is 23.8 Å². The van der Waals surface area contributed by atoms with E-state index >= 15 is 0 Å². The summed E-state index contributed by atoms with van der Waals surface area (Å²) in [6.07, 6.45) is 3.76. The summed E-state index contributed by atoms with van der Waals surface area (Å²) in [4.78, 5) is 8.99. The topological polar surface area (TPSA) is 68.8 Å². The van der Waals surface area contributed by atoms with Crippen molar-refractivity contribution >= 4 is 0 Å². The highest BCUT2D eigenvalue weighted by molar-refractivity contribution is 5.52. The molecule has 0 fully saturated rings. The summed E-state index contributed by atoms with van der Waals surface area (Å²) in [5, 5.41) is 7.97. The van der Waals surface area contributed by atoms with Gasteiger partial charge in [0.25, 0.3) is 0 Å². The van der Waals surface area contributed by atoms with Crippen molar-refractivity contribution in [2.24, 2.45) is 0 Å². The Balaban J connectivity index is 1.38. The lowest BCUT2D eigenvalue weighted by atomic mass is 10.1. The Bertz CT molecular complexity index is 792. The minimum atomic E-state index is 0.389. The Morgan fingerprint density at radius 1 is 1.26 bits per heavy atom. The van der Waals surface area contributed by atoms with Crippen LogP contribution in [0.25, 0.3) is 11.5 Å². The molecule has 6 nitrogen and oxygen atoms in total. The van der Waals surface area contributed by atoms with Crippen LogP contribution in [0.15, 0.2) is 41.0 Å². The predicted molar refractivity (Wildman–Crippen MR) is 85.6 cm³/mol. The highest BCUT2D eigenvalue weighted by Gasteiger charge is 2.20. The maximum atomic E-state index is 5.57. The summed E-state index contributed by atoms with van der Waals surface area (Å²) in [5.74, 6) is 2.61.